The molecule has 1 atom stereocenters. The van der Waals surface area contributed by atoms with Crippen molar-refractivity contribution in [2.45, 2.75) is 18.9 Å². The number of carbonyl (C=O) groups is 1. The van der Waals surface area contributed by atoms with Crippen molar-refractivity contribution in [1.29, 1.82) is 0 Å². The minimum atomic E-state index is -0.197. The maximum Gasteiger partial charge on any atom is 0.257 e. The van der Waals surface area contributed by atoms with Crippen molar-refractivity contribution in [2.75, 3.05) is 13.2 Å². The molecule has 1 amide bonds. The Kier molecular flexibility index (Phi) is 3.88. The first-order chi connectivity index (χ1) is 8.13. The highest BCUT2D eigenvalue weighted by Gasteiger charge is 2.30. The number of phenolic OH excluding ortho intramolecular Hbond substituents is 1. The second-order valence-electron chi connectivity index (χ2n) is 4.14. The number of carbonyl (C=O) groups excluding carboxylic acids is 1. The summed E-state index contributed by atoms with van der Waals surface area (Å²) >= 11 is 2.10. The molecule has 0 spiro atoms. The van der Waals surface area contributed by atoms with E-state index < -0.39 is 0 Å². The Morgan fingerprint density at radius 2 is 2.29 bits per heavy atom. The number of benzene rings is 1. The lowest BCUT2D eigenvalue weighted by Crippen LogP contribution is -2.37. The van der Waals surface area contributed by atoms with E-state index in [4.69, 9.17) is 0 Å². The maximum absolute atomic E-state index is 12.2. The van der Waals surface area contributed by atoms with Crippen LogP contribution in [0.1, 0.15) is 23.2 Å². The molecule has 1 aromatic rings. The molecule has 1 unspecified atom stereocenters. The van der Waals surface area contributed by atoms with Crippen LogP contribution in [0.4, 0.5) is 0 Å². The van der Waals surface area contributed by atoms with Crippen molar-refractivity contribution >= 4 is 28.5 Å². The van der Waals surface area contributed by atoms with Crippen molar-refractivity contribution in [2.24, 2.45) is 0 Å². The SMILES string of the molecule is O=C(c1cc(I)ccc1O)N1CCCC1CO. The Balaban J connectivity index is 2.27. The average Bonchev–Trinajstić information content (AvgIpc) is 2.79. The van der Waals surface area contributed by atoms with Crippen LogP contribution >= 0.6 is 22.6 Å². The van der Waals surface area contributed by atoms with Crippen LogP contribution in [0.3, 0.4) is 0 Å². The molecule has 1 heterocycles. The minimum Gasteiger partial charge on any atom is -0.507 e. The molecule has 0 bridgehead atoms. The maximum atomic E-state index is 12.2. The first-order valence-corrected chi connectivity index (χ1v) is 6.61. The number of nitrogens with zero attached hydrogens (tertiary/aromatic N) is 1. The molecule has 0 aliphatic carbocycles. The highest BCUT2D eigenvalue weighted by molar-refractivity contribution is 14.1. The van der Waals surface area contributed by atoms with Crippen LogP contribution < -0.4 is 0 Å². The van der Waals surface area contributed by atoms with E-state index in [9.17, 15) is 15.0 Å². The molecule has 2 rings (SSSR count). The van der Waals surface area contributed by atoms with E-state index in [1.807, 2.05) is 0 Å². The molecule has 2 N–H and O–H groups in total. The van der Waals surface area contributed by atoms with Crippen molar-refractivity contribution in [3.8, 4) is 5.75 Å². The van der Waals surface area contributed by atoms with Gasteiger partial charge in [-0.25, -0.2) is 0 Å². The fourth-order valence-corrected chi connectivity index (χ4v) is 2.62. The van der Waals surface area contributed by atoms with E-state index in [2.05, 4.69) is 22.6 Å². The van der Waals surface area contributed by atoms with Gasteiger partial charge in [-0.2, -0.15) is 0 Å². The predicted octanol–water partition coefficient (Wildman–Crippen LogP) is 1.59. The molecule has 4 nitrogen and oxygen atoms in total. The molecule has 1 aliphatic heterocycles. The first kappa shape index (κ1) is 12.6. The summed E-state index contributed by atoms with van der Waals surface area (Å²) in [5.74, 6) is -0.198. The fraction of sp³-hybridized carbons (Fsp3) is 0.417. The molecule has 0 saturated carbocycles. The molecule has 1 fully saturated rings. The highest BCUT2D eigenvalue weighted by Crippen LogP contribution is 2.25. The molecule has 1 aliphatic rings. The summed E-state index contributed by atoms with van der Waals surface area (Å²) in [6.45, 7) is 0.630. The number of hydrogen-bond acceptors (Lipinski definition) is 3. The topological polar surface area (TPSA) is 60.8 Å². The number of phenols is 1. The lowest BCUT2D eigenvalue weighted by molar-refractivity contribution is 0.0674. The largest absolute Gasteiger partial charge is 0.507 e. The molecule has 5 heteroatoms. The van der Waals surface area contributed by atoms with E-state index in [0.29, 0.717) is 12.1 Å². The zero-order valence-electron chi connectivity index (χ0n) is 9.27. The van der Waals surface area contributed by atoms with Gasteiger partial charge in [0.2, 0.25) is 0 Å². The third kappa shape index (κ3) is 2.55. The van der Waals surface area contributed by atoms with Crippen molar-refractivity contribution in [3.63, 3.8) is 0 Å². The van der Waals surface area contributed by atoms with Gasteiger partial charge in [-0.15, -0.1) is 0 Å². The highest BCUT2D eigenvalue weighted by atomic mass is 127. The van der Waals surface area contributed by atoms with E-state index in [1.165, 1.54) is 6.07 Å². The van der Waals surface area contributed by atoms with Gasteiger partial charge < -0.3 is 15.1 Å². The summed E-state index contributed by atoms with van der Waals surface area (Å²) in [6.07, 6.45) is 1.73. The number of aromatic hydroxyl groups is 1. The molecule has 1 aromatic carbocycles. The average molecular weight is 347 g/mol. The van der Waals surface area contributed by atoms with E-state index >= 15 is 0 Å². The standard InChI is InChI=1S/C12H14INO3/c13-8-3-4-11(16)10(6-8)12(17)14-5-1-2-9(14)7-15/h3-4,6,9,15-16H,1-2,5,7H2. The van der Waals surface area contributed by atoms with Gasteiger partial charge in [-0.1, -0.05) is 0 Å². The second-order valence-corrected chi connectivity index (χ2v) is 5.38. The predicted molar refractivity (Wildman–Crippen MR) is 72.0 cm³/mol. The van der Waals surface area contributed by atoms with Gasteiger partial charge in [0.25, 0.3) is 5.91 Å². The van der Waals surface area contributed by atoms with Gasteiger partial charge in [0.15, 0.2) is 0 Å². The lowest BCUT2D eigenvalue weighted by atomic mass is 10.1. The zero-order valence-corrected chi connectivity index (χ0v) is 11.4. The van der Waals surface area contributed by atoms with Crippen LogP contribution in [0, 0.1) is 3.57 Å². The van der Waals surface area contributed by atoms with Crippen molar-refractivity contribution in [1.82, 2.24) is 4.90 Å². The Labute approximate surface area is 113 Å². The van der Waals surface area contributed by atoms with Gasteiger partial charge in [-0.05, 0) is 53.6 Å². The van der Waals surface area contributed by atoms with Gasteiger partial charge in [0.1, 0.15) is 5.75 Å². The monoisotopic (exact) mass is 347 g/mol. The third-order valence-electron chi connectivity index (χ3n) is 3.04. The van der Waals surface area contributed by atoms with Crippen molar-refractivity contribution < 1.29 is 15.0 Å². The zero-order chi connectivity index (χ0) is 12.4. The van der Waals surface area contributed by atoms with Crippen LogP contribution in [0.15, 0.2) is 18.2 Å². The normalized spacial score (nSPS) is 19.6. The molecule has 17 heavy (non-hydrogen) atoms. The quantitative estimate of drug-likeness (QED) is 0.799. The van der Waals surface area contributed by atoms with Gasteiger partial charge in [0, 0.05) is 10.1 Å². The summed E-state index contributed by atoms with van der Waals surface area (Å²) in [7, 11) is 0. The second kappa shape index (κ2) is 5.22. The number of aliphatic hydroxyl groups excluding tert-OH is 1. The third-order valence-corrected chi connectivity index (χ3v) is 3.71. The van der Waals surface area contributed by atoms with Crippen LogP contribution in [-0.4, -0.2) is 40.2 Å². The summed E-state index contributed by atoms with van der Waals surface area (Å²) in [5, 5.41) is 18.9. The van der Waals surface area contributed by atoms with E-state index in [0.717, 1.165) is 16.4 Å². The van der Waals surface area contributed by atoms with E-state index in [1.54, 1.807) is 17.0 Å². The molecule has 1 saturated heterocycles. The Morgan fingerprint density at radius 3 is 3.00 bits per heavy atom. The fourth-order valence-electron chi connectivity index (χ4n) is 2.13. The van der Waals surface area contributed by atoms with Gasteiger partial charge in [0.05, 0.1) is 18.2 Å². The Bertz CT molecular complexity index is 436. The molecular formula is C12H14INO3. The summed E-state index contributed by atoms with van der Waals surface area (Å²) in [5.41, 5.74) is 0.317. The number of amides is 1. The van der Waals surface area contributed by atoms with Crippen molar-refractivity contribution in [3.05, 3.63) is 27.3 Å². The number of rotatable bonds is 2. The van der Waals surface area contributed by atoms with Crippen LogP contribution in [0.2, 0.25) is 0 Å². The minimum absolute atomic E-state index is 0.000921. The Hall–Kier alpha value is -0.820. The lowest BCUT2D eigenvalue weighted by Gasteiger charge is -2.23. The number of hydrogen-bond donors (Lipinski definition) is 2. The van der Waals surface area contributed by atoms with Gasteiger partial charge >= 0.3 is 0 Å². The van der Waals surface area contributed by atoms with Crippen LogP contribution in [0.25, 0.3) is 0 Å². The number of aliphatic hydroxyl groups is 1. The number of likely N-dealkylation sites (tertiary alicyclic amines) is 1. The Morgan fingerprint density at radius 1 is 1.53 bits per heavy atom. The smallest absolute Gasteiger partial charge is 0.257 e. The first-order valence-electron chi connectivity index (χ1n) is 5.54. The van der Waals surface area contributed by atoms with Crippen LogP contribution in [-0.2, 0) is 0 Å². The summed E-state index contributed by atoms with van der Waals surface area (Å²) in [6, 6.07) is 4.84. The van der Waals surface area contributed by atoms with Gasteiger partial charge in [-0.3, -0.25) is 4.79 Å². The molecule has 0 aromatic heterocycles. The van der Waals surface area contributed by atoms with E-state index in [-0.39, 0.29) is 24.3 Å². The summed E-state index contributed by atoms with van der Waals surface area (Å²) < 4.78 is 0.906. The summed E-state index contributed by atoms with van der Waals surface area (Å²) in [4.78, 5) is 13.9. The molecular weight excluding hydrogens is 333 g/mol. The molecule has 92 valence electrons. The number of halogens is 1. The molecule has 0 radical (unpaired) electrons. The van der Waals surface area contributed by atoms with Crippen LogP contribution in [0.5, 0.6) is 5.75 Å².